The fourth-order valence-electron chi connectivity index (χ4n) is 4.53. The Morgan fingerprint density at radius 3 is 2.41 bits per heavy atom. The first kappa shape index (κ1) is 21.2. The summed E-state index contributed by atoms with van der Waals surface area (Å²) in [4.78, 5) is 8.25. The van der Waals surface area contributed by atoms with Gasteiger partial charge in [0.2, 0.25) is 0 Å². The number of pyridine rings is 1. The summed E-state index contributed by atoms with van der Waals surface area (Å²) >= 11 is 0. The second-order valence-corrected chi connectivity index (χ2v) is 11.1. The van der Waals surface area contributed by atoms with E-state index in [1.165, 1.54) is 6.20 Å². The maximum atomic E-state index is 12.6. The first-order chi connectivity index (χ1) is 15.5. The number of nitrogens with one attached hydrogen (secondary N) is 1. The minimum absolute atomic E-state index is 0.127. The molecule has 1 aliphatic heterocycles. The van der Waals surface area contributed by atoms with Crippen LogP contribution in [0.15, 0.2) is 59.6 Å². The Morgan fingerprint density at radius 1 is 1.00 bits per heavy atom. The van der Waals surface area contributed by atoms with Crippen LogP contribution in [0, 0.1) is 5.92 Å². The highest BCUT2D eigenvalue weighted by Gasteiger charge is 2.37. The number of aromatic amines is 1. The fourth-order valence-corrected chi connectivity index (χ4v) is 6.19. The van der Waals surface area contributed by atoms with Crippen molar-refractivity contribution in [1.29, 1.82) is 0 Å². The molecule has 0 radical (unpaired) electrons. The van der Waals surface area contributed by atoms with Gasteiger partial charge in [0.15, 0.2) is 9.84 Å². The van der Waals surface area contributed by atoms with E-state index in [0.717, 1.165) is 68.0 Å². The number of ether oxygens (including phenoxy) is 1. The Kier molecular flexibility index (Phi) is 5.78. The van der Waals surface area contributed by atoms with E-state index in [4.69, 9.17) is 4.74 Å². The van der Waals surface area contributed by atoms with Crippen molar-refractivity contribution in [2.45, 2.75) is 48.2 Å². The van der Waals surface area contributed by atoms with E-state index >= 15 is 0 Å². The molecule has 7 heteroatoms. The molecule has 168 valence electrons. The van der Waals surface area contributed by atoms with Gasteiger partial charge in [-0.15, -0.1) is 0 Å². The van der Waals surface area contributed by atoms with Crippen molar-refractivity contribution in [2.75, 3.05) is 13.2 Å². The molecule has 0 bridgehead atoms. The lowest BCUT2D eigenvalue weighted by Crippen LogP contribution is -2.19. The third-order valence-electron chi connectivity index (χ3n) is 6.59. The van der Waals surface area contributed by atoms with Gasteiger partial charge < -0.3 is 14.8 Å². The van der Waals surface area contributed by atoms with E-state index < -0.39 is 9.84 Å². The third kappa shape index (κ3) is 4.45. The molecule has 6 nitrogen and oxygen atoms in total. The molecule has 32 heavy (non-hydrogen) atoms. The van der Waals surface area contributed by atoms with Crippen LogP contribution >= 0.6 is 0 Å². The lowest BCUT2D eigenvalue weighted by Gasteiger charge is -2.27. The molecule has 2 N–H and O–H groups in total. The fraction of sp³-hybridized carbons (Fsp3) is 0.400. The second kappa shape index (κ2) is 8.71. The van der Waals surface area contributed by atoms with Crippen molar-refractivity contribution in [1.82, 2.24) is 9.97 Å². The molecule has 1 saturated heterocycles. The van der Waals surface area contributed by atoms with Crippen LogP contribution in [0.1, 0.15) is 49.3 Å². The van der Waals surface area contributed by atoms with Crippen molar-refractivity contribution in [3.8, 4) is 17.1 Å². The second-order valence-electron chi connectivity index (χ2n) is 8.89. The molecule has 1 atom stereocenters. The molecule has 2 aliphatic rings. The number of rotatable bonds is 7. The monoisotopic (exact) mass is 452 g/mol. The molecule has 0 amide bonds. The normalized spacial score (nSPS) is 18.5. The molecule has 5 rings (SSSR count). The number of hydrogen-bond donors (Lipinski definition) is 2. The number of benzene rings is 1. The maximum Gasteiger partial charge on any atom is 0.181 e. The largest absolute Gasteiger partial charge is 0.506 e. The molecular weight excluding hydrogens is 424 g/mol. The zero-order valence-electron chi connectivity index (χ0n) is 17.9. The van der Waals surface area contributed by atoms with Crippen LogP contribution in [-0.2, 0) is 14.6 Å². The summed E-state index contributed by atoms with van der Waals surface area (Å²) in [5.41, 5.74) is 3.85. The third-order valence-corrected chi connectivity index (χ3v) is 8.87. The number of aromatic hydroxyl groups is 1. The smallest absolute Gasteiger partial charge is 0.181 e. The molecule has 1 aliphatic carbocycles. The molecule has 2 aromatic heterocycles. The predicted molar refractivity (Wildman–Crippen MR) is 122 cm³/mol. The molecule has 0 spiro atoms. The summed E-state index contributed by atoms with van der Waals surface area (Å²) in [7, 11) is -3.19. The Hall–Kier alpha value is -2.64. The van der Waals surface area contributed by atoms with Crippen LogP contribution in [0.5, 0.6) is 5.75 Å². The van der Waals surface area contributed by atoms with Crippen molar-refractivity contribution >= 4 is 9.84 Å². The van der Waals surface area contributed by atoms with E-state index in [1.54, 1.807) is 24.3 Å². The molecule has 1 unspecified atom stereocenters. The van der Waals surface area contributed by atoms with Gasteiger partial charge in [0.05, 0.1) is 27.7 Å². The molecular formula is C25H28N2O4S. The molecule has 3 heterocycles. The van der Waals surface area contributed by atoms with Crippen LogP contribution in [0.25, 0.3) is 11.4 Å². The summed E-state index contributed by atoms with van der Waals surface area (Å²) in [5.74, 6) is 0.822. The van der Waals surface area contributed by atoms with Crippen molar-refractivity contribution < 1.29 is 18.3 Å². The van der Waals surface area contributed by atoms with Gasteiger partial charge in [0.25, 0.3) is 0 Å². The van der Waals surface area contributed by atoms with Gasteiger partial charge in [-0.3, -0.25) is 4.98 Å². The van der Waals surface area contributed by atoms with E-state index in [0.29, 0.717) is 10.8 Å². The summed E-state index contributed by atoms with van der Waals surface area (Å²) < 4.78 is 30.7. The average molecular weight is 453 g/mol. The highest BCUT2D eigenvalue weighted by molar-refractivity contribution is 7.92. The van der Waals surface area contributed by atoms with Crippen LogP contribution in [0.2, 0.25) is 0 Å². The Balaban J connectivity index is 1.45. The Labute approximate surface area is 188 Å². The Morgan fingerprint density at radius 2 is 1.75 bits per heavy atom. The molecule has 1 aromatic carbocycles. The maximum absolute atomic E-state index is 12.6. The van der Waals surface area contributed by atoms with Gasteiger partial charge in [-0.2, -0.15) is 0 Å². The van der Waals surface area contributed by atoms with E-state index in [9.17, 15) is 13.5 Å². The van der Waals surface area contributed by atoms with Crippen LogP contribution in [-0.4, -0.2) is 42.0 Å². The first-order valence-electron chi connectivity index (χ1n) is 11.3. The van der Waals surface area contributed by atoms with Gasteiger partial charge in [-0.25, -0.2) is 8.42 Å². The SMILES string of the molecule is O=S(=O)(c1ccc(C(CC2CCOCC2)c2ccc(-c3ccc(O)cn3)[nH]2)cc1)C1CC1. The van der Waals surface area contributed by atoms with E-state index in [-0.39, 0.29) is 16.9 Å². The highest BCUT2D eigenvalue weighted by atomic mass is 32.2. The number of nitrogens with zero attached hydrogens (tertiary/aromatic N) is 1. The van der Waals surface area contributed by atoms with Gasteiger partial charge in [-0.05, 0) is 80.0 Å². The van der Waals surface area contributed by atoms with Crippen molar-refractivity contribution in [3.05, 3.63) is 66.0 Å². The van der Waals surface area contributed by atoms with E-state index in [1.807, 2.05) is 18.2 Å². The average Bonchev–Trinajstić information content (AvgIpc) is 3.58. The number of aromatic nitrogens is 2. The van der Waals surface area contributed by atoms with Crippen molar-refractivity contribution in [2.24, 2.45) is 5.92 Å². The quantitative estimate of drug-likeness (QED) is 0.544. The van der Waals surface area contributed by atoms with Gasteiger partial charge in [0, 0.05) is 24.8 Å². The van der Waals surface area contributed by atoms with Gasteiger partial charge >= 0.3 is 0 Å². The van der Waals surface area contributed by atoms with Crippen LogP contribution in [0.4, 0.5) is 0 Å². The zero-order valence-corrected chi connectivity index (χ0v) is 18.7. The van der Waals surface area contributed by atoms with Gasteiger partial charge in [-0.1, -0.05) is 12.1 Å². The number of hydrogen-bond acceptors (Lipinski definition) is 5. The summed E-state index contributed by atoms with van der Waals surface area (Å²) in [6.45, 7) is 1.59. The lowest BCUT2D eigenvalue weighted by atomic mass is 9.83. The summed E-state index contributed by atoms with van der Waals surface area (Å²) in [6.07, 6.45) is 6.03. The standard InChI is InChI=1S/C25H28N2O4S/c28-19-3-8-24(26-16-19)25-10-9-23(27-25)22(15-17-11-13-31-14-12-17)18-1-4-20(5-2-18)32(29,30)21-6-7-21/h1-5,8-10,16-17,21-22,27-28H,6-7,11-15H2. The zero-order chi connectivity index (χ0) is 22.1. The Bertz CT molecular complexity index is 1160. The first-order valence-corrected chi connectivity index (χ1v) is 12.8. The molecule has 3 aromatic rings. The summed E-state index contributed by atoms with van der Waals surface area (Å²) in [6, 6.07) is 15.0. The topological polar surface area (TPSA) is 92.3 Å². The number of H-pyrrole nitrogens is 1. The summed E-state index contributed by atoms with van der Waals surface area (Å²) in [5, 5.41) is 9.32. The van der Waals surface area contributed by atoms with Crippen molar-refractivity contribution in [3.63, 3.8) is 0 Å². The van der Waals surface area contributed by atoms with Crippen LogP contribution < -0.4 is 0 Å². The van der Waals surface area contributed by atoms with Gasteiger partial charge in [0.1, 0.15) is 5.75 Å². The molecule has 1 saturated carbocycles. The highest BCUT2D eigenvalue weighted by Crippen LogP contribution is 2.37. The minimum atomic E-state index is -3.19. The number of sulfone groups is 1. The lowest BCUT2D eigenvalue weighted by molar-refractivity contribution is 0.0626. The van der Waals surface area contributed by atoms with E-state index in [2.05, 4.69) is 16.0 Å². The molecule has 2 fully saturated rings. The predicted octanol–water partition coefficient (Wildman–Crippen LogP) is 4.67. The minimum Gasteiger partial charge on any atom is -0.506 e. The van der Waals surface area contributed by atoms with Crippen LogP contribution in [0.3, 0.4) is 0 Å².